The zero-order valence-electron chi connectivity index (χ0n) is 18.2. The third-order valence-corrected chi connectivity index (χ3v) is 4.55. The minimum Gasteiger partial charge on any atom is -0.462 e. The number of halogens is 1. The predicted molar refractivity (Wildman–Crippen MR) is 126 cm³/mol. The quantitative estimate of drug-likeness (QED) is 0.229. The van der Waals surface area contributed by atoms with Crippen LogP contribution in [0.4, 0.5) is 23.0 Å². The van der Waals surface area contributed by atoms with Crippen LogP contribution in [0.1, 0.15) is 34.6 Å². The second-order valence-electron chi connectivity index (χ2n) is 7.46. The van der Waals surface area contributed by atoms with E-state index in [1.807, 2.05) is 13.8 Å². The van der Waals surface area contributed by atoms with E-state index < -0.39 is 22.5 Å². The van der Waals surface area contributed by atoms with Crippen LogP contribution in [0.25, 0.3) is 0 Å². The fourth-order valence-corrected chi connectivity index (χ4v) is 2.89. The molecule has 0 saturated carbocycles. The molecule has 3 aromatic rings. The summed E-state index contributed by atoms with van der Waals surface area (Å²) in [4.78, 5) is 43.2. The molecule has 11 nitrogen and oxygen atoms in total. The minimum atomic E-state index is -0.687. The summed E-state index contributed by atoms with van der Waals surface area (Å²) >= 11 is 5.88. The first-order valence-corrected chi connectivity index (χ1v) is 10.5. The lowest BCUT2D eigenvalue weighted by molar-refractivity contribution is -0.383. The molecule has 0 aliphatic carbocycles. The number of aromatic nitrogens is 2. The van der Waals surface area contributed by atoms with Gasteiger partial charge in [0, 0.05) is 16.3 Å². The normalized spacial score (nSPS) is 10.5. The molecule has 3 N–H and O–H groups in total. The number of nitrogens with zero attached hydrogens (tertiary/aromatic N) is 3. The van der Waals surface area contributed by atoms with Crippen molar-refractivity contribution in [1.82, 2.24) is 15.4 Å². The smallest absolute Gasteiger partial charge is 0.355 e. The summed E-state index contributed by atoms with van der Waals surface area (Å²) in [7, 11) is 0. The third kappa shape index (κ3) is 6.39. The second kappa shape index (κ2) is 11.1. The van der Waals surface area contributed by atoms with Crippen molar-refractivity contribution in [3.8, 4) is 0 Å². The van der Waals surface area contributed by atoms with E-state index in [4.69, 9.17) is 16.3 Å². The van der Waals surface area contributed by atoms with Gasteiger partial charge in [0.05, 0.1) is 17.1 Å². The van der Waals surface area contributed by atoms with E-state index in [9.17, 15) is 19.7 Å². The third-order valence-electron chi connectivity index (χ3n) is 4.32. The Hall–Kier alpha value is -4.25. The molecule has 1 heterocycles. The lowest BCUT2D eigenvalue weighted by Gasteiger charge is -2.11. The number of amides is 1. The van der Waals surface area contributed by atoms with Crippen molar-refractivity contribution in [2.45, 2.75) is 13.8 Å². The van der Waals surface area contributed by atoms with Gasteiger partial charge in [0.15, 0.2) is 0 Å². The van der Waals surface area contributed by atoms with Gasteiger partial charge < -0.3 is 10.1 Å². The number of carbonyl (C=O) groups excluding carboxylic acids is 2. The average Bonchev–Trinajstić information content (AvgIpc) is 2.81. The molecule has 3 rings (SSSR count). The molecule has 2 aromatic carbocycles. The van der Waals surface area contributed by atoms with Crippen molar-refractivity contribution < 1.29 is 19.2 Å². The molecule has 0 saturated heterocycles. The van der Waals surface area contributed by atoms with Gasteiger partial charge in [0.25, 0.3) is 5.91 Å². The van der Waals surface area contributed by atoms with Crippen LogP contribution >= 0.6 is 11.6 Å². The Morgan fingerprint density at radius 2 is 1.79 bits per heavy atom. The molecule has 0 aliphatic rings. The van der Waals surface area contributed by atoms with Crippen LogP contribution in [0, 0.1) is 16.0 Å². The molecule has 176 valence electrons. The summed E-state index contributed by atoms with van der Waals surface area (Å²) in [5.74, 6) is -1.16. The number of nitrogens with one attached hydrogen (secondary N) is 3. The number of hydrogen-bond acceptors (Lipinski definition) is 9. The van der Waals surface area contributed by atoms with E-state index in [0.29, 0.717) is 22.9 Å². The molecule has 0 spiro atoms. The lowest BCUT2D eigenvalue weighted by atomic mass is 10.2. The maximum absolute atomic E-state index is 12.3. The first kappa shape index (κ1) is 24.4. The summed E-state index contributed by atoms with van der Waals surface area (Å²) in [5.41, 5.74) is 5.34. The van der Waals surface area contributed by atoms with Crippen molar-refractivity contribution in [3.63, 3.8) is 0 Å². The van der Waals surface area contributed by atoms with Crippen LogP contribution in [0.2, 0.25) is 5.02 Å². The van der Waals surface area contributed by atoms with Gasteiger partial charge in [-0.1, -0.05) is 31.5 Å². The molecule has 12 heteroatoms. The molecule has 0 radical (unpaired) electrons. The van der Waals surface area contributed by atoms with Gasteiger partial charge in [0.1, 0.15) is 6.33 Å². The highest BCUT2D eigenvalue weighted by Crippen LogP contribution is 2.30. The summed E-state index contributed by atoms with van der Waals surface area (Å²) in [5, 5.41) is 14.9. The van der Waals surface area contributed by atoms with Gasteiger partial charge in [0.2, 0.25) is 11.6 Å². The van der Waals surface area contributed by atoms with E-state index in [1.54, 1.807) is 24.3 Å². The van der Waals surface area contributed by atoms with Crippen LogP contribution in [0.15, 0.2) is 54.9 Å². The molecule has 0 aliphatic heterocycles. The Bertz CT molecular complexity index is 1200. The molecule has 0 atom stereocenters. The largest absolute Gasteiger partial charge is 0.462 e. The van der Waals surface area contributed by atoms with Gasteiger partial charge in [-0.25, -0.2) is 14.8 Å². The zero-order chi connectivity index (χ0) is 24.7. The van der Waals surface area contributed by atoms with Gasteiger partial charge in [-0.3, -0.25) is 25.8 Å². The van der Waals surface area contributed by atoms with Crippen molar-refractivity contribution >= 4 is 46.5 Å². The molecule has 0 bridgehead atoms. The fraction of sp³-hybridized carbons (Fsp3) is 0.182. The number of carbonyl (C=O) groups is 2. The molecule has 0 unspecified atom stereocenters. The topological polar surface area (TPSA) is 148 Å². The zero-order valence-corrected chi connectivity index (χ0v) is 19.0. The number of hydrazine groups is 1. The van der Waals surface area contributed by atoms with Gasteiger partial charge >= 0.3 is 11.7 Å². The SMILES string of the molecule is CC(C)COC(=O)c1ccc(Nc2ncnc(NNC(=O)c3cccc(Cl)c3)c2[N+](=O)[O-])cc1. The van der Waals surface area contributed by atoms with E-state index in [1.165, 1.54) is 24.3 Å². The van der Waals surface area contributed by atoms with Gasteiger partial charge in [-0.15, -0.1) is 0 Å². The first-order chi connectivity index (χ1) is 16.2. The van der Waals surface area contributed by atoms with Crippen LogP contribution in [-0.2, 0) is 4.74 Å². The van der Waals surface area contributed by atoms with Crippen LogP contribution in [-0.4, -0.2) is 33.4 Å². The predicted octanol–water partition coefficient (Wildman–Crippen LogP) is 4.35. The Kier molecular flexibility index (Phi) is 7.93. The second-order valence-corrected chi connectivity index (χ2v) is 7.90. The highest BCUT2D eigenvalue weighted by molar-refractivity contribution is 6.31. The summed E-state index contributed by atoms with van der Waals surface area (Å²) in [6, 6.07) is 12.4. The van der Waals surface area contributed by atoms with Crippen molar-refractivity contribution in [3.05, 3.63) is 81.1 Å². The Balaban J connectivity index is 1.74. The number of benzene rings is 2. The average molecular weight is 485 g/mol. The maximum atomic E-state index is 12.3. The molecule has 0 fully saturated rings. The van der Waals surface area contributed by atoms with Crippen molar-refractivity contribution in [2.75, 3.05) is 17.3 Å². The molecular formula is C22H21ClN6O5. The van der Waals surface area contributed by atoms with Crippen molar-refractivity contribution in [1.29, 1.82) is 0 Å². The number of anilines is 3. The summed E-state index contributed by atoms with van der Waals surface area (Å²) < 4.78 is 5.18. The number of hydrogen-bond donors (Lipinski definition) is 3. The molecule has 1 amide bonds. The summed E-state index contributed by atoms with van der Waals surface area (Å²) in [6.07, 6.45) is 1.10. The Labute approximate surface area is 199 Å². The first-order valence-electron chi connectivity index (χ1n) is 10.1. The van der Waals surface area contributed by atoms with E-state index >= 15 is 0 Å². The highest BCUT2D eigenvalue weighted by Gasteiger charge is 2.24. The van der Waals surface area contributed by atoms with Crippen LogP contribution < -0.4 is 16.2 Å². The maximum Gasteiger partial charge on any atom is 0.355 e. The number of rotatable bonds is 9. The number of ether oxygens (including phenoxy) is 1. The summed E-state index contributed by atoms with van der Waals surface area (Å²) in [6.45, 7) is 4.16. The standard InChI is InChI=1S/C22H21ClN6O5/c1-13(2)11-34-22(31)14-6-8-17(9-7-14)26-19-18(29(32)33)20(25-12-24-19)27-28-21(30)15-4-3-5-16(23)10-15/h3-10,12-13H,11H2,1-2H3,(H,28,30)(H2,24,25,26,27). The molecule has 1 aromatic heterocycles. The van der Waals surface area contributed by atoms with Gasteiger partial charge in [-0.05, 0) is 48.4 Å². The Morgan fingerprint density at radius 3 is 2.44 bits per heavy atom. The van der Waals surface area contributed by atoms with E-state index in [2.05, 4.69) is 26.1 Å². The number of nitro groups is 1. The Morgan fingerprint density at radius 1 is 1.09 bits per heavy atom. The molecular weight excluding hydrogens is 464 g/mol. The van der Waals surface area contributed by atoms with E-state index in [-0.39, 0.29) is 23.1 Å². The lowest BCUT2D eigenvalue weighted by Crippen LogP contribution is -2.30. The van der Waals surface area contributed by atoms with Gasteiger partial charge in [-0.2, -0.15) is 0 Å². The van der Waals surface area contributed by atoms with Crippen molar-refractivity contribution in [2.24, 2.45) is 5.92 Å². The van der Waals surface area contributed by atoms with Crippen LogP contribution in [0.5, 0.6) is 0 Å². The monoisotopic (exact) mass is 484 g/mol. The molecule has 34 heavy (non-hydrogen) atoms. The number of esters is 1. The highest BCUT2D eigenvalue weighted by atomic mass is 35.5. The minimum absolute atomic E-state index is 0.116. The van der Waals surface area contributed by atoms with E-state index in [0.717, 1.165) is 6.33 Å². The fourth-order valence-electron chi connectivity index (χ4n) is 2.70. The van der Waals surface area contributed by atoms with Crippen LogP contribution in [0.3, 0.4) is 0 Å².